The topological polar surface area (TPSA) is 20.2 Å². The predicted molar refractivity (Wildman–Crippen MR) is 34.3 cm³/mol. The van der Waals surface area contributed by atoms with Crippen LogP contribution in [0.3, 0.4) is 0 Å². The first-order valence-electron chi connectivity index (χ1n) is 2.60. The first kappa shape index (κ1) is 7.26. The lowest BCUT2D eigenvalue weighted by molar-refractivity contribution is 0.281. The molecule has 0 radical (unpaired) electrons. The first-order valence-corrected chi connectivity index (χ1v) is 2.60. The average Bonchev–Trinajstić information content (AvgIpc) is 1.83. The molecule has 0 aromatic rings. The van der Waals surface area contributed by atoms with Gasteiger partial charge >= 0.3 is 0 Å². The van der Waals surface area contributed by atoms with Crippen molar-refractivity contribution in [1.29, 1.82) is 0 Å². The van der Waals surface area contributed by atoms with E-state index in [1.165, 1.54) is 6.08 Å². The molecule has 0 heterocycles. The minimum atomic E-state index is -0.644. The highest BCUT2D eigenvalue weighted by Crippen LogP contribution is 1.78. The summed E-state index contributed by atoms with van der Waals surface area (Å²) < 4.78 is 0. The Labute approximate surface area is 50.0 Å². The summed E-state index contributed by atoms with van der Waals surface area (Å²) in [6.07, 6.45) is 1.54. The zero-order valence-electron chi connectivity index (χ0n) is 5.02. The van der Waals surface area contributed by atoms with Crippen LogP contribution in [0, 0.1) is 11.8 Å². The van der Waals surface area contributed by atoms with Gasteiger partial charge in [-0.05, 0) is 0 Å². The van der Waals surface area contributed by atoms with Crippen molar-refractivity contribution in [2.45, 2.75) is 19.4 Å². The Morgan fingerprint density at radius 1 is 1.88 bits per heavy atom. The summed E-state index contributed by atoms with van der Waals surface area (Å²) in [6.45, 7) is 5.29. The second-order valence-electron chi connectivity index (χ2n) is 1.36. The van der Waals surface area contributed by atoms with Gasteiger partial charge in [0.1, 0.15) is 6.10 Å². The van der Waals surface area contributed by atoms with Crippen molar-refractivity contribution in [3.8, 4) is 11.8 Å². The molecule has 0 saturated heterocycles. The van der Waals surface area contributed by atoms with E-state index in [9.17, 15) is 0 Å². The van der Waals surface area contributed by atoms with Crippen molar-refractivity contribution < 1.29 is 5.11 Å². The molecule has 1 atom stereocenters. The Hall–Kier alpha value is -0.740. The smallest absolute Gasteiger partial charge is 0.133 e. The van der Waals surface area contributed by atoms with E-state index >= 15 is 0 Å². The maximum absolute atomic E-state index is 8.70. The molecule has 0 aliphatic carbocycles. The minimum absolute atomic E-state index is 0.644. The van der Waals surface area contributed by atoms with Crippen LogP contribution < -0.4 is 0 Å². The van der Waals surface area contributed by atoms with E-state index in [0.717, 1.165) is 6.42 Å². The Balaban J connectivity index is 3.50. The monoisotopic (exact) mass is 110 g/mol. The largest absolute Gasteiger partial charge is 0.377 e. The van der Waals surface area contributed by atoms with Crippen LogP contribution in [0.4, 0.5) is 0 Å². The highest BCUT2D eigenvalue weighted by molar-refractivity contribution is 5.09. The molecule has 0 bridgehead atoms. The third kappa shape index (κ3) is 3.45. The SMILES string of the molecule is C=CC(O)C#CCC. The van der Waals surface area contributed by atoms with E-state index in [4.69, 9.17) is 5.11 Å². The van der Waals surface area contributed by atoms with Gasteiger partial charge in [0, 0.05) is 6.42 Å². The molecule has 1 unspecified atom stereocenters. The van der Waals surface area contributed by atoms with Crippen LogP contribution in [0.25, 0.3) is 0 Å². The highest BCUT2D eigenvalue weighted by Gasteiger charge is 1.83. The van der Waals surface area contributed by atoms with Crippen molar-refractivity contribution in [3.05, 3.63) is 12.7 Å². The van der Waals surface area contributed by atoms with Gasteiger partial charge in [-0.25, -0.2) is 0 Å². The van der Waals surface area contributed by atoms with Gasteiger partial charge in [0.15, 0.2) is 0 Å². The average molecular weight is 110 g/mol. The number of rotatable bonds is 1. The molecular formula is C7H10O. The lowest BCUT2D eigenvalue weighted by atomic mass is 10.3. The van der Waals surface area contributed by atoms with E-state index in [2.05, 4.69) is 18.4 Å². The van der Waals surface area contributed by atoms with Gasteiger partial charge in [-0.2, -0.15) is 0 Å². The summed E-state index contributed by atoms with van der Waals surface area (Å²) in [7, 11) is 0. The molecule has 0 saturated carbocycles. The van der Waals surface area contributed by atoms with Gasteiger partial charge in [0.05, 0.1) is 0 Å². The lowest BCUT2D eigenvalue weighted by Crippen LogP contribution is -1.94. The van der Waals surface area contributed by atoms with Crippen molar-refractivity contribution >= 4 is 0 Å². The van der Waals surface area contributed by atoms with Crippen molar-refractivity contribution in [2.24, 2.45) is 0 Å². The fourth-order valence-electron chi connectivity index (χ4n) is 0.266. The summed E-state index contributed by atoms with van der Waals surface area (Å²) >= 11 is 0. The molecule has 0 aliphatic rings. The van der Waals surface area contributed by atoms with Crippen LogP contribution in [0.1, 0.15) is 13.3 Å². The summed E-state index contributed by atoms with van der Waals surface area (Å²) in [5, 5.41) is 8.70. The van der Waals surface area contributed by atoms with Crippen molar-refractivity contribution in [1.82, 2.24) is 0 Å². The summed E-state index contributed by atoms with van der Waals surface area (Å²) in [5.74, 6) is 5.30. The molecule has 44 valence electrons. The minimum Gasteiger partial charge on any atom is -0.377 e. The Kier molecular flexibility index (Phi) is 4.01. The number of hydrogen-bond donors (Lipinski definition) is 1. The Morgan fingerprint density at radius 3 is 2.88 bits per heavy atom. The first-order chi connectivity index (χ1) is 3.81. The molecule has 1 N–H and O–H groups in total. The zero-order valence-corrected chi connectivity index (χ0v) is 5.02. The molecule has 0 aliphatic heterocycles. The highest BCUT2D eigenvalue weighted by atomic mass is 16.3. The van der Waals surface area contributed by atoms with Crippen LogP contribution in [0.2, 0.25) is 0 Å². The maximum Gasteiger partial charge on any atom is 0.133 e. The second kappa shape index (κ2) is 4.42. The third-order valence-electron chi connectivity index (χ3n) is 0.650. The standard InChI is InChI=1S/C7H10O/c1-3-5-6-7(8)4-2/h4,7-8H,2-3H2,1H3. The fourth-order valence-corrected chi connectivity index (χ4v) is 0.266. The van der Waals surface area contributed by atoms with Gasteiger partial charge in [-0.1, -0.05) is 25.5 Å². The zero-order chi connectivity index (χ0) is 6.41. The van der Waals surface area contributed by atoms with Crippen LogP contribution in [0.15, 0.2) is 12.7 Å². The van der Waals surface area contributed by atoms with Gasteiger partial charge in [-0.15, -0.1) is 5.92 Å². The lowest BCUT2D eigenvalue weighted by Gasteiger charge is -1.87. The number of hydrogen-bond acceptors (Lipinski definition) is 1. The maximum atomic E-state index is 8.70. The molecular weight excluding hydrogens is 100 g/mol. The van der Waals surface area contributed by atoms with E-state index in [1.807, 2.05) is 6.92 Å². The molecule has 8 heavy (non-hydrogen) atoms. The summed E-state index contributed by atoms with van der Waals surface area (Å²) in [5.41, 5.74) is 0. The molecule has 1 nitrogen and oxygen atoms in total. The van der Waals surface area contributed by atoms with E-state index in [-0.39, 0.29) is 0 Å². The third-order valence-corrected chi connectivity index (χ3v) is 0.650. The normalized spacial score (nSPS) is 11.2. The van der Waals surface area contributed by atoms with E-state index in [1.54, 1.807) is 0 Å². The molecule has 0 fully saturated rings. The number of aliphatic hydroxyl groups excluding tert-OH is 1. The van der Waals surface area contributed by atoms with Crippen LogP contribution in [-0.2, 0) is 0 Å². The van der Waals surface area contributed by atoms with Crippen LogP contribution in [0.5, 0.6) is 0 Å². The molecule has 0 aromatic heterocycles. The quantitative estimate of drug-likeness (QED) is 0.393. The van der Waals surface area contributed by atoms with Gasteiger partial charge in [0.25, 0.3) is 0 Å². The summed E-state index contributed by atoms with van der Waals surface area (Å²) in [6, 6.07) is 0. The Bertz CT molecular complexity index is 116. The molecule has 0 amide bonds. The van der Waals surface area contributed by atoms with Gasteiger partial charge in [0.2, 0.25) is 0 Å². The van der Waals surface area contributed by atoms with E-state index in [0.29, 0.717) is 0 Å². The Morgan fingerprint density at radius 2 is 2.50 bits per heavy atom. The van der Waals surface area contributed by atoms with Crippen LogP contribution >= 0.6 is 0 Å². The summed E-state index contributed by atoms with van der Waals surface area (Å²) in [4.78, 5) is 0. The number of aliphatic hydroxyl groups is 1. The van der Waals surface area contributed by atoms with Gasteiger partial charge in [-0.3, -0.25) is 0 Å². The van der Waals surface area contributed by atoms with Crippen molar-refractivity contribution in [3.63, 3.8) is 0 Å². The molecule has 0 aromatic carbocycles. The fraction of sp³-hybridized carbons (Fsp3) is 0.429. The predicted octanol–water partition coefficient (Wildman–Crippen LogP) is 0.947. The molecule has 1 heteroatoms. The van der Waals surface area contributed by atoms with E-state index < -0.39 is 6.10 Å². The van der Waals surface area contributed by atoms with Crippen LogP contribution in [-0.4, -0.2) is 11.2 Å². The molecule has 0 rings (SSSR count). The second-order valence-corrected chi connectivity index (χ2v) is 1.36. The van der Waals surface area contributed by atoms with Gasteiger partial charge < -0.3 is 5.11 Å². The molecule has 0 spiro atoms. The van der Waals surface area contributed by atoms with Crippen molar-refractivity contribution in [2.75, 3.05) is 0 Å².